The molecule has 1 N–H and O–H groups in total. The number of Topliss-reactive ketones (excluding diaryl/α,β-unsaturated/α-hetero) is 1. The average Bonchev–Trinajstić information content (AvgIpc) is 3.12. The second-order valence-corrected chi connectivity index (χ2v) is 6.85. The third-order valence-electron chi connectivity index (χ3n) is 4.62. The highest BCUT2D eigenvalue weighted by molar-refractivity contribution is 5.99. The van der Waals surface area contributed by atoms with Gasteiger partial charge in [0, 0.05) is 18.7 Å². The number of rotatable bonds is 7. The molecule has 0 amide bonds. The van der Waals surface area contributed by atoms with Gasteiger partial charge in [0.15, 0.2) is 5.78 Å². The van der Waals surface area contributed by atoms with Crippen LogP contribution in [0.15, 0.2) is 66.9 Å². The van der Waals surface area contributed by atoms with Crippen LogP contribution in [0.3, 0.4) is 0 Å². The fraction of sp³-hybridized carbons (Fsp3) is 0.217. The minimum absolute atomic E-state index is 0.0406. The normalized spacial score (nSPS) is 16.2. The lowest BCUT2D eigenvalue weighted by Crippen LogP contribution is -2.23. The summed E-state index contributed by atoms with van der Waals surface area (Å²) >= 11 is 0. The number of carbonyl (C=O) groups is 2. The average molecular weight is 361 g/mol. The van der Waals surface area contributed by atoms with E-state index in [1.807, 2.05) is 73.8 Å². The molecule has 0 saturated carbocycles. The Kier molecular flexibility index (Phi) is 5.87. The number of nitrogens with zero attached hydrogens (tertiary/aromatic N) is 1. The molecule has 1 heterocycles. The lowest BCUT2D eigenvalue weighted by atomic mass is 9.98. The van der Waals surface area contributed by atoms with E-state index in [4.69, 9.17) is 5.11 Å². The molecule has 0 spiro atoms. The number of aliphatic carboxylic acids is 1. The Morgan fingerprint density at radius 1 is 1.11 bits per heavy atom. The van der Waals surface area contributed by atoms with Crippen LogP contribution < -0.4 is 0 Å². The van der Waals surface area contributed by atoms with E-state index in [2.05, 4.69) is 11.0 Å². The topological polar surface area (TPSA) is 57.6 Å². The summed E-state index contributed by atoms with van der Waals surface area (Å²) in [5.74, 6) is -0.767. The largest absolute Gasteiger partial charge is 0.481 e. The van der Waals surface area contributed by atoms with Gasteiger partial charge in [0.05, 0.1) is 12.3 Å². The quantitative estimate of drug-likeness (QED) is 0.759. The first-order chi connectivity index (χ1) is 13.0. The summed E-state index contributed by atoms with van der Waals surface area (Å²) in [7, 11) is 0. The molecule has 0 aromatic heterocycles. The Morgan fingerprint density at radius 2 is 1.81 bits per heavy atom. The second-order valence-electron chi connectivity index (χ2n) is 6.85. The highest BCUT2D eigenvalue weighted by atomic mass is 16.4. The van der Waals surface area contributed by atoms with Crippen molar-refractivity contribution >= 4 is 17.8 Å². The predicted octanol–water partition coefficient (Wildman–Crippen LogP) is 3.96. The van der Waals surface area contributed by atoms with Gasteiger partial charge in [0.1, 0.15) is 0 Å². The standard InChI is InChI=1S/C23H23NO3/c1-17-4-10-20(11-5-17)23(27)21-12-14-24(16-21)13-2-3-18-6-8-19(9-7-18)15-22(25)26/h2-12,14,21H,13,15-16H2,1H3,(H,25,26)/b3-2+. The summed E-state index contributed by atoms with van der Waals surface area (Å²) in [5.41, 5.74) is 3.73. The van der Waals surface area contributed by atoms with Crippen molar-refractivity contribution < 1.29 is 14.7 Å². The zero-order chi connectivity index (χ0) is 19.2. The Hall–Kier alpha value is -3.14. The van der Waals surface area contributed by atoms with Gasteiger partial charge < -0.3 is 10.0 Å². The number of hydrogen-bond acceptors (Lipinski definition) is 3. The van der Waals surface area contributed by atoms with Gasteiger partial charge in [0.2, 0.25) is 0 Å². The van der Waals surface area contributed by atoms with Crippen LogP contribution in [0.25, 0.3) is 6.08 Å². The molecule has 2 aromatic rings. The van der Waals surface area contributed by atoms with Crippen molar-refractivity contribution in [1.82, 2.24) is 4.90 Å². The first-order valence-electron chi connectivity index (χ1n) is 9.02. The molecule has 27 heavy (non-hydrogen) atoms. The van der Waals surface area contributed by atoms with Crippen molar-refractivity contribution in [2.75, 3.05) is 13.1 Å². The molecular formula is C23H23NO3. The molecular weight excluding hydrogens is 338 g/mol. The van der Waals surface area contributed by atoms with Gasteiger partial charge in [-0.05, 0) is 24.3 Å². The minimum Gasteiger partial charge on any atom is -0.481 e. The molecule has 4 heteroatoms. The summed E-state index contributed by atoms with van der Waals surface area (Å²) in [6.07, 6.45) is 8.05. The van der Waals surface area contributed by atoms with E-state index < -0.39 is 5.97 Å². The maximum atomic E-state index is 12.6. The van der Waals surface area contributed by atoms with Crippen LogP contribution >= 0.6 is 0 Å². The lowest BCUT2D eigenvalue weighted by Gasteiger charge is -2.15. The number of aryl methyl sites for hydroxylation is 1. The van der Waals surface area contributed by atoms with Gasteiger partial charge in [-0.3, -0.25) is 9.59 Å². The molecule has 138 valence electrons. The summed E-state index contributed by atoms with van der Waals surface area (Å²) in [4.78, 5) is 25.4. The molecule has 0 fully saturated rings. The molecule has 0 bridgehead atoms. The number of carboxylic acid groups (broad SMARTS) is 1. The predicted molar refractivity (Wildman–Crippen MR) is 107 cm³/mol. The maximum Gasteiger partial charge on any atom is 0.307 e. The van der Waals surface area contributed by atoms with E-state index in [1.54, 1.807) is 0 Å². The smallest absolute Gasteiger partial charge is 0.307 e. The summed E-state index contributed by atoms with van der Waals surface area (Å²) < 4.78 is 0. The monoisotopic (exact) mass is 361 g/mol. The van der Waals surface area contributed by atoms with Crippen molar-refractivity contribution in [3.05, 3.63) is 89.1 Å². The molecule has 4 nitrogen and oxygen atoms in total. The Bertz CT molecular complexity index is 864. The molecule has 1 aliphatic heterocycles. The molecule has 0 saturated heterocycles. The van der Waals surface area contributed by atoms with E-state index in [0.717, 1.165) is 28.8 Å². The lowest BCUT2D eigenvalue weighted by molar-refractivity contribution is -0.136. The van der Waals surface area contributed by atoms with E-state index >= 15 is 0 Å². The van der Waals surface area contributed by atoms with Crippen LogP contribution in [0.4, 0.5) is 0 Å². The van der Waals surface area contributed by atoms with Crippen LogP contribution in [-0.4, -0.2) is 34.8 Å². The summed E-state index contributed by atoms with van der Waals surface area (Å²) in [6, 6.07) is 15.2. The number of carbonyl (C=O) groups excluding carboxylic acids is 1. The van der Waals surface area contributed by atoms with E-state index in [1.165, 1.54) is 0 Å². The van der Waals surface area contributed by atoms with Crippen molar-refractivity contribution in [3.63, 3.8) is 0 Å². The van der Waals surface area contributed by atoms with Gasteiger partial charge in [-0.2, -0.15) is 0 Å². The maximum absolute atomic E-state index is 12.6. The zero-order valence-electron chi connectivity index (χ0n) is 15.3. The zero-order valence-corrected chi connectivity index (χ0v) is 15.3. The highest BCUT2D eigenvalue weighted by Gasteiger charge is 2.23. The number of benzene rings is 2. The minimum atomic E-state index is -0.825. The molecule has 1 atom stereocenters. The molecule has 0 aliphatic carbocycles. The third kappa shape index (κ3) is 5.17. The molecule has 3 rings (SSSR count). The van der Waals surface area contributed by atoms with Crippen LogP contribution in [0.2, 0.25) is 0 Å². The van der Waals surface area contributed by atoms with Crippen LogP contribution in [0.1, 0.15) is 27.0 Å². The third-order valence-corrected chi connectivity index (χ3v) is 4.62. The fourth-order valence-electron chi connectivity index (χ4n) is 3.08. The second kappa shape index (κ2) is 8.49. The Balaban J connectivity index is 1.50. The molecule has 1 aliphatic rings. The van der Waals surface area contributed by atoms with E-state index in [0.29, 0.717) is 6.54 Å². The first kappa shape index (κ1) is 18.6. The van der Waals surface area contributed by atoms with Crippen LogP contribution in [-0.2, 0) is 11.2 Å². The number of ketones is 1. The van der Waals surface area contributed by atoms with Gasteiger partial charge in [0.25, 0.3) is 0 Å². The van der Waals surface area contributed by atoms with Crippen molar-refractivity contribution in [3.8, 4) is 0 Å². The van der Waals surface area contributed by atoms with Gasteiger partial charge in [-0.15, -0.1) is 0 Å². The molecule has 0 radical (unpaired) electrons. The number of carboxylic acids is 1. The van der Waals surface area contributed by atoms with Crippen LogP contribution in [0.5, 0.6) is 0 Å². The Labute approximate surface area is 159 Å². The fourth-order valence-corrected chi connectivity index (χ4v) is 3.08. The van der Waals surface area contributed by atoms with Gasteiger partial charge >= 0.3 is 5.97 Å². The Morgan fingerprint density at radius 3 is 2.48 bits per heavy atom. The van der Waals surface area contributed by atoms with Gasteiger partial charge in [-0.25, -0.2) is 0 Å². The molecule has 1 unspecified atom stereocenters. The highest BCUT2D eigenvalue weighted by Crippen LogP contribution is 2.18. The summed E-state index contributed by atoms with van der Waals surface area (Å²) in [5, 5.41) is 8.79. The van der Waals surface area contributed by atoms with E-state index in [9.17, 15) is 9.59 Å². The van der Waals surface area contributed by atoms with Crippen LogP contribution in [0, 0.1) is 12.8 Å². The number of hydrogen-bond donors (Lipinski definition) is 1. The van der Waals surface area contributed by atoms with Crippen molar-refractivity contribution in [2.45, 2.75) is 13.3 Å². The first-order valence-corrected chi connectivity index (χ1v) is 9.02. The summed E-state index contributed by atoms with van der Waals surface area (Å²) in [6.45, 7) is 3.43. The SMILES string of the molecule is Cc1ccc(C(=O)C2C=CN(C/C=C/c3ccc(CC(=O)O)cc3)C2)cc1. The van der Waals surface area contributed by atoms with E-state index in [-0.39, 0.29) is 18.1 Å². The van der Waals surface area contributed by atoms with Crippen molar-refractivity contribution in [2.24, 2.45) is 5.92 Å². The van der Waals surface area contributed by atoms with Crippen molar-refractivity contribution in [1.29, 1.82) is 0 Å². The van der Waals surface area contributed by atoms with Gasteiger partial charge in [-0.1, -0.05) is 72.3 Å². The molecule has 2 aromatic carbocycles.